The molecule has 0 bridgehead atoms. The maximum atomic E-state index is 15.1. The summed E-state index contributed by atoms with van der Waals surface area (Å²) in [6, 6.07) is 24.0. The van der Waals surface area contributed by atoms with E-state index in [1.54, 1.807) is 32.9 Å². The van der Waals surface area contributed by atoms with Crippen molar-refractivity contribution in [2.75, 3.05) is 32.8 Å². The molecule has 2 fully saturated rings. The Bertz CT molecular complexity index is 2330. The van der Waals surface area contributed by atoms with Crippen LogP contribution in [0.3, 0.4) is 0 Å². The Hall–Kier alpha value is -6.31. The number of fused-ring (bicyclic) bond motifs is 7. The van der Waals surface area contributed by atoms with Crippen molar-refractivity contribution in [1.82, 2.24) is 20.4 Å². The van der Waals surface area contributed by atoms with Crippen LogP contribution in [0, 0.1) is 5.41 Å². The van der Waals surface area contributed by atoms with Gasteiger partial charge in [0, 0.05) is 53.7 Å². The van der Waals surface area contributed by atoms with E-state index < -0.39 is 65.5 Å². The van der Waals surface area contributed by atoms with Crippen LogP contribution >= 0.6 is 0 Å². The van der Waals surface area contributed by atoms with Crippen LogP contribution in [-0.4, -0.2) is 95.3 Å². The Morgan fingerprint density at radius 1 is 0.831 bits per heavy atom. The zero-order valence-electron chi connectivity index (χ0n) is 32.8. The average Bonchev–Trinajstić information content (AvgIpc) is 3.53. The molecule has 14 heteroatoms. The van der Waals surface area contributed by atoms with E-state index in [2.05, 4.69) is 10.6 Å². The predicted molar refractivity (Wildman–Crippen MR) is 212 cm³/mol. The van der Waals surface area contributed by atoms with Crippen LogP contribution in [-0.2, 0) is 25.0 Å². The first kappa shape index (κ1) is 39.5. The topological polar surface area (TPSA) is 155 Å². The smallest absolute Gasteiger partial charge is 0.409 e. The Labute approximate surface area is 339 Å². The molecule has 4 amide bonds. The number of nitrogens with zero attached hydrogens (tertiary/aromatic N) is 2. The molecule has 0 unspecified atom stereocenters. The summed E-state index contributed by atoms with van der Waals surface area (Å²) in [6.45, 7) is 4.78. The quantitative estimate of drug-likeness (QED) is 0.150. The third-order valence-electron chi connectivity index (χ3n) is 11.7. The van der Waals surface area contributed by atoms with Crippen LogP contribution in [0.25, 0.3) is 22.3 Å². The molecule has 59 heavy (non-hydrogen) atoms. The highest BCUT2D eigenvalue weighted by molar-refractivity contribution is 5.99. The summed E-state index contributed by atoms with van der Waals surface area (Å²) < 4.78 is 41.5. The second-order valence-electron chi connectivity index (χ2n) is 16.7. The van der Waals surface area contributed by atoms with Crippen LogP contribution in [0.15, 0.2) is 91.0 Å². The molecule has 0 spiro atoms. The average molecular weight is 807 g/mol. The molecule has 1 saturated carbocycles. The van der Waals surface area contributed by atoms with Crippen LogP contribution in [0.1, 0.15) is 72.1 Å². The number of ether oxygens (including phenoxy) is 2. The lowest BCUT2D eigenvalue weighted by Crippen LogP contribution is -2.47. The number of alkyl halides is 2. The number of hydrogen-bond donors (Lipinski definition) is 3. The first-order valence-corrected chi connectivity index (χ1v) is 19.6. The number of carboxylic acids is 1. The zero-order chi connectivity index (χ0) is 41.9. The van der Waals surface area contributed by atoms with Crippen molar-refractivity contribution in [2.45, 2.75) is 63.1 Å². The number of carboxylic acid groups (broad SMARTS) is 1. The van der Waals surface area contributed by atoms with Crippen molar-refractivity contribution in [2.24, 2.45) is 5.41 Å². The highest BCUT2D eigenvalue weighted by Gasteiger charge is 2.68. The third kappa shape index (κ3) is 7.36. The van der Waals surface area contributed by atoms with Crippen molar-refractivity contribution < 1.29 is 47.3 Å². The van der Waals surface area contributed by atoms with E-state index >= 15 is 8.78 Å². The number of amides is 4. The molecule has 1 saturated heterocycles. The van der Waals surface area contributed by atoms with Crippen LogP contribution in [0.5, 0.6) is 0 Å². The summed E-state index contributed by atoms with van der Waals surface area (Å²) in [4.78, 5) is 68.7. The molecule has 4 aromatic carbocycles. The minimum atomic E-state index is -3.22. The van der Waals surface area contributed by atoms with Gasteiger partial charge in [0.2, 0.25) is 5.91 Å². The van der Waals surface area contributed by atoms with E-state index in [9.17, 15) is 29.1 Å². The number of halogens is 2. The summed E-state index contributed by atoms with van der Waals surface area (Å²) in [5, 5.41) is 15.5. The Balaban J connectivity index is 0.954. The van der Waals surface area contributed by atoms with Crippen molar-refractivity contribution in [1.29, 1.82) is 0 Å². The Morgan fingerprint density at radius 3 is 2.12 bits per heavy atom. The van der Waals surface area contributed by atoms with E-state index in [0.717, 1.165) is 22.3 Å². The number of carbonyl (C=O) groups excluding carboxylic acids is 4. The predicted octanol–water partition coefficient (Wildman–Crippen LogP) is 6.76. The number of aliphatic carboxylic acids is 1. The van der Waals surface area contributed by atoms with E-state index in [0.29, 0.717) is 12.0 Å². The van der Waals surface area contributed by atoms with Gasteiger partial charge >= 0.3 is 18.2 Å². The molecule has 8 rings (SSSR count). The second-order valence-corrected chi connectivity index (χ2v) is 16.7. The first-order valence-electron chi connectivity index (χ1n) is 19.6. The van der Waals surface area contributed by atoms with Gasteiger partial charge in [0.15, 0.2) is 0 Å². The molecule has 12 nitrogen and oxygen atoms in total. The number of benzene rings is 4. The van der Waals surface area contributed by atoms with Crippen molar-refractivity contribution in [3.63, 3.8) is 0 Å². The fourth-order valence-electron chi connectivity index (χ4n) is 9.00. The van der Waals surface area contributed by atoms with Gasteiger partial charge in [0.25, 0.3) is 11.8 Å². The number of hydrogen-bond acceptors (Lipinski definition) is 7. The van der Waals surface area contributed by atoms with Crippen molar-refractivity contribution in [3.05, 3.63) is 119 Å². The molecule has 1 heterocycles. The number of alkyl carbamates (subject to hydrolysis) is 1. The maximum Gasteiger partial charge on any atom is 0.409 e. The standard InChI is InChI=1S/C45H44F2N4O8/c1-43(2,3)59-41(56)48-18-19-50(42(57)58-24-33-29-12-6-4-10-27(29)28-11-5-7-13-30(28)33)25-44-21-36(40(54)55)51(37(44)22-44)38(52)23-49-39(53)26-16-17-35-32(20-26)31-14-8-9-15-34(31)45(35,46)47/h4-17,20,33,36-37H,18-19,21-25H2,1-3H3,(H,48,56)(H,49,53)(H,54,55)/t36-,37-,44+/m0/s1. The van der Waals surface area contributed by atoms with Crippen LogP contribution in [0.4, 0.5) is 18.4 Å². The minimum absolute atomic E-state index is 0.0167. The summed E-state index contributed by atoms with van der Waals surface area (Å²) in [6.07, 6.45) is -0.864. The Kier molecular flexibility index (Phi) is 9.92. The first-order chi connectivity index (χ1) is 28.1. The maximum absolute atomic E-state index is 15.1. The lowest BCUT2D eigenvalue weighted by Gasteiger charge is -2.27. The van der Waals surface area contributed by atoms with Gasteiger partial charge in [-0.05, 0) is 79.1 Å². The lowest BCUT2D eigenvalue weighted by molar-refractivity contribution is -0.149. The largest absolute Gasteiger partial charge is 0.480 e. The molecule has 0 aromatic heterocycles. The number of rotatable bonds is 11. The summed E-state index contributed by atoms with van der Waals surface area (Å²) in [7, 11) is 0. The minimum Gasteiger partial charge on any atom is -0.480 e. The van der Waals surface area contributed by atoms with Gasteiger partial charge in [-0.1, -0.05) is 78.9 Å². The molecule has 306 valence electrons. The molecule has 3 atom stereocenters. The number of nitrogens with one attached hydrogen (secondary N) is 2. The van der Waals surface area contributed by atoms with E-state index in [1.165, 1.54) is 40.1 Å². The van der Waals surface area contributed by atoms with Gasteiger partial charge < -0.3 is 35.0 Å². The SMILES string of the molecule is CC(C)(C)OC(=O)NCCN(C[C@@]12C[C@@H]1N(C(=O)CNC(=O)c1ccc3c(c1)-c1ccccc1C3(F)F)[C@H](C(=O)O)C2)C(=O)OCC1c2ccccc2-c2ccccc21. The summed E-state index contributed by atoms with van der Waals surface area (Å²) in [5.74, 6) is -5.97. The normalized spacial score (nSPS) is 20.3. The number of piperidine rings is 1. The molecule has 1 aliphatic heterocycles. The van der Waals surface area contributed by atoms with Gasteiger partial charge in [0.1, 0.15) is 18.2 Å². The summed E-state index contributed by atoms with van der Waals surface area (Å²) in [5.41, 5.74) is 2.91. The van der Waals surface area contributed by atoms with Crippen molar-refractivity contribution >= 4 is 30.0 Å². The summed E-state index contributed by atoms with van der Waals surface area (Å²) >= 11 is 0. The van der Waals surface area contributed by atoms with E-state index in [1.807, 2.05) is 48.5 Å². The highest BCUT2D eigenvalue weighted by atomic mass is 19.3. The second kappa shape index (κ2) is 14.8. The van der Waals surface area contributed by atoms with Gasteiger partial charge in [-0.25, -0.2) is 14.4 Å². The zero-order valence-corrected chi connectivity index (χ0v) is 32.8. The van der Waals surface area contributed by atoms with E-state index in [-0.39, 0.29) is 60.8 Å². The monoisotopic (exact) mass is 806 g/mol. The molecule has 4 aliphatic rings. The third-order valence-corrected chi connectivity index (χ3v) is 11.7. The van der Waals surface area contributed by atoms with E-state index in [4.69, 9.17) is 9.47 Å². The Morgan fingerprint density at radius 2 is 1.46 bits per heavy atom. The molecular formula is C45H44F2N4O8. The fraction of sp³-hybridized carbons (Fsp3) is 0.356. The molecule has 3 N–H and O–H groups in total. The molecule has 0 radical (unpaired) electrons. The van der Waals surface area contributed by atoms with Gasteiger partial charge in [-0.3, -0.25) is 9.59 Å². The molecule has 4 aromatic rings. The molecule has 3 aliphatic carbocycles. The van der Waals surface area contributed by atoms with Gasteiger partial charge in [-0.2, -0.15) is 8.78 Å². The van der Waals surface area contributed by atoms with Crippen molar-refractivity contribution in [3.8, 4) is 22.3 Å². The number of likely N-dealkylation sites (tertiary alicyclic amines) is 1. The fourth-order valence-corrected chi connectivity index (χ4v) is 9.00. The van der Waals surface area contributed by atoms with Gasteiger partial charge in [-0.15, -0.1) is 0 Å². The van der Waals surface area contributed by atoms with Crippen LogP contribution in [0.2, 0.25) is 0 Å². The van der Waals surface area contributed by atoms with Gasteiger partial charge in [0.05, 0.1) is 6.54 Å². The lowest BCUT2D eigenvalue weighted by atomic mass is 9.98. The number of carbonyl (C=O) groups is 5. The molecular weight excluding hydrogens is 763 g/mol. The highest BCUT2D eigenvalue weighted by Crippen LogP contribution is 2.60. The van der Waals surface area contributed by atoms with Crippen LogP contribution < -0.4 is 10.6 Å².